The molecule has 0 rings (SSSR count). The SMILES string of the molecule is [F-].[F-].[F-].[F-].[W+2].[W+2]. The molecule has 0 heterocycles. The van der Waals surface area contributed by atoms with Crippen LogP contribution in [-0.2, 0) is 42.1 Å². The molecule has 0 aromatic rings. The molecule has 0 saturated heterocycles. The molecule has 0 aromatic carbocycles. The summed E-state index contributed by atoms with van der Waals surface area (Å²) in [5.41, 5.74) is 0. The number of hydrogen-bond donors (Lipinski definition) is 0. The van der Waals surface area contributed by atoms with Gasteiger partial charge in [-0.1, -0.05) is 0 Å². The molecule has 0 aliphatic carbocycles. The first-order valence-electron chi connectivity index (χ1n) is 0. The van der Waals surface area contributed by atoms with Gasteiger partial charge in [0.1, 0.15) is 0 Å². The van der Waals surface area contributed by atoms with Gasteiger partial charge in [0, 0.05) is 0 Å². The Balaban J connectivity index is 0. The fourth-order valence-electron chi connectivity index (χ4n) is 0. The van der Waals surface area contributed by atoms with Crippen molar-refractivity contribution in [2.24, 2.45) is 0 Å². The summed E-state index contributed by atoms with van der Waals surface area (Å²) in [7, 11) is 0. The molecule has 0 bridgehead atoms. The third kappa shape index (κ3) is 71.1. The van der Waals surface area contributed by atoms with Crippen molar-refractivity contribution in [2.75, 3.05) is 0 Å². The maximum atomic E-state index is 0. The van der Waals surface area contributed by atoms with Crippen molar-refractivity contribution in [1.29, 1.82) is 0 Å². The Kier molecular flexibility index (Phi) is 4810. The molecule has 0 fully saturated rings. The monoisotopic (exact) mass is 444 g/mol. The zero-order valence-electron chi connectivity index (χ0n) is 2.33. The molecule has 0 amide bonds. The first kappa shape index (κ1) is 219. The first-order chi connectivity index (χ1) is 0. The summed E-state index contributed by atoms with van der Waals surface area (Å²) in [6.45, 7) is 0. The minimum absolute atomic E-state index is 0. The van der Waals surface area contributed by atoms with E-state index in [1.807, 2.05) is 0 Å². The minimum atomic E-state index is 0. The predicted octanol–water partition coefficient (Wildman–Crippen LogP) is -12.0. The topological polar surface area (TPSA) is 0 Å². The fourth-order valence-corrected chi connectivity index (χ4v) is 0. The van der Waals surface area contributed by atoms with Crippen LogP contribution in [0, 0.1) is 0 Å². The van der Waals surface area contributed by atoms with Crippen LogP contribution in [0.1, 0.15) is 0 Å². The molecule has 40 valence electrons. The molecule has 0 unspecified atom stereocenters. The number of hydrogen-bond acceptors (Lipinski definition) is 0. The predicted molar refractivity (Wildman–Crippen MR) is 0 cm³/mol. The van der Waals surface area contributed by atoms with Crippen LogP contribution in [0.3, 0.4) is 0 Å². The van der Waals surface area contributed by atoms with Crippen molar-refractivity contribution in [1.82, 2.24) is 0 Å². The Labute approximate surface area is 61.1 Å². The van der Waals surface area contributed by atoms with Crippen molar-refractivity contribution in [3.05, 3.63) is 0 Å². The van der Waals surface area contributed by atoms with Crippen LogP contribution < -0.4 is 18.8 Å². The normalized spacial score (nSPS) is 0. The van der Waals surface area contributed by atoms with Gasteiger partial charge in [-0.3, -0.25) is 0 Å². The molecule has 0 aliphatic heterocycles. The van der Waals surface area contributed by atoms with Crippen LogP contribution in [0.15, 0.2) is 0 Å². The van der Waals surface area contributed by atoms with Gasteiger partial charge in [-0.15, -0.1) is 0 Å². The van der Waals surface area contributed by atoms with Gasteiger partial charge < -0.3 is 18.8 Å². The summed E-state index contributed by atoms with van der Waals surface area (Å²) in [5.74, 6) is 0. The molecule has 6 heavy (non-hydrogen) atoms. The summed E-state index contributed by atoms with van der Waals surface area (Å²) < 4.78 is 0. The Morgan fingerprint density at radius 3 is 0.333 bits per heavy atom. The Morgan fingerprint density at radius 2 is 0.333 bits per heavy atom. The molecule has 0 spiro atoms. The average Bonchev–Trinajstić information content (AvgIpc) is 0. The third-order valence-corrected chi connectivity index (χ3v) is 0. The van der Waals surface area contributed by atoms with Crippen molar-refractivity contribution in [2.45, 2.75) is 0 Å². The minimum Gasteiger partial charge on any atom is -1.00 e. The molecule has 0 saturated carbocycles. The standard InChI is InChI=1S/4FH.2W/h4*1H;;/q;;;;2*+2/p-4. The molecule has 0 nitrogen and oxygen atoms in total. The van der Waals surface area contributed by atoms with E-state index in [4.69, 9.17) is 0 Å². The van der Waals surface area contributed by atoms with E-state index in [1.165, 1.54) is 0 Å². The summed E-state index contributed by atoms with van der Waals surface area (Å²) >= 11 is 0. The van der Waals surface area contributed by atoms with Crippen LogP contribution >= 0.6 is 0 Å². The summed E-state index contributed by atoms with van der Waals surface area (Å²) in [6, 6.07) is 0. The Hall–Kier alpha value is 1.10. The zero-order valence-corrected chi connectivity index (χ0v) is 8.20. The molecular weight excluding hydrogens is 444 g/mol. The van der Waals surface area contributed by atoms with Gasteiger partial charge in [-0.05, 0) is 0 Å². The summed E-state index contributed by atoms with van der Waals surface area (Å²) in [4.78, 5) is 0. The van der Waals surface area contributed by atoms with Crippen molar-refractivity contribution >= 4 is 0 Å². The van der Waals surface area contributed by atoms with E-state index in [1.54, 1.807) is 0 Å². The summed E-state index contributed by atoms with van der Waals surface area (Å²) in [5, 5.41) is 0. The number of halogens is 4. The number of rotatable bonds is 0. The second-order valence-corrected chi connectivity index (χ2v) is 0. The first-order valence-corrected chi connectivity index (χ1v) is 0. The molecule has 0 N–H and O–H groups in total. The second kappa shape index (κ2) is 132. The van der Waals surface area contributed by atoms with E-state index in [2.05, 4.69) is 0 Å². The van der Waals surface area contributed by atoms with Crippen LogP contribution in [0.5, 0.6) is 0 Å². The zero-order chi connectivity index (χ0) is 0. The Bertz CT molecular complexity index is 5.51. The van der Waals surface area contributed by atoms with Crippen molar-refractivity contribution in [3.63, 3.8) is 0 Å². The van der Waals surface area contributed by atoms with Gasteiger partial charge in [0.05, 0.1) is 0 Å². The third-order valence-electron chi connectivity index (χ3n) is 0. The van der Waals surface area contributed by atoms with Gasteiger partial charge in [0.15, 0.2) is 0 Å². The van der Waals surface area contributed by atoms with Gasteiger partial charge in [0.2, 0.25) is 0 Å². The van der Waals surface area contributed by atoms with E-state index >= 15 is 0 Å². The van der Waals surface area contributed by atoms with Gasteiger partial charge in [-0.2, -0.15) is 0 Å². The van der Waals surface area contributed by atoms with E-state index in [9.17, 15) is 0 Å². The van der Waals surface area contributed by atoms with Crippen LogP contribution in [0.25, 0.3) is 0 Å². The van der Waals surface area contributed by atoms with Crippen LogP contribution in [-0.4, -0.2) is 0 Å². The van der Waals surface area contributed by atoms with Crippen molar-refractivity contribution in [3.8, 4) is 0 Å². The molecule has 0 atom stereocenters. The van der Waals surface area contributed by atoms with Gasteiger partial charge in [-0.25, -0.2) is 0 Å². The van der Waals surface area contributed by atoms with Crippen LogP contribution in [0.4, 0.5) is 0 Å². The molecular formula is F4W2. The molecule has 0 aliphatic rings. The second-order valence-electron chi connectivity index (χ2n) is 0. The van der Waals surface area contributed by atoms with Crippen LogP contribution in [0.2, 0.25) is 0 Å². The maximum Gasteiger partial charge on any atom is 2.00 e. The molecule has 0 aromatic heterocycles. The Morgan fingerprint density at radius 1 is 0.333 bits per heavy atom. The van der Waals surface area contributed by atoms with Crippen molar-refractivity contribution < 1.29 is 60.9 Å². The molecule has 6 heteroatoms. The largest absolute Gasteiger partial charge is 2.00 e. The van der Waals surface area contributed by atoms with E-state index in [-0.39, 0.29) is 60.9 Å². The smallest absolute Gasteiger partial charge is 1.00 e. The fraction of sp³-hybridized carbons (Fsp3) is 0. The van der Waals surface area contributed by atoms with Gasteiger partial charge >= 0.3 is 42.1 Å². The van der Waals surface area contributed by atoms with Gasteiger partial charge in [0.25, 0.3) is 0 Å². The summed E-state index contributed by atoms with van der Waals surface area (Å²) in [6.07, 6.45) is 0. The van der Waals surface area contributed by atoms with E-state index in [0.29, 0.717) is 0 Å². The average molecular weight is 444 g/mol. The van der Waals surface area contributed by atoms with E-state index in [0.717, 1.165) is 0 Å². The van der Waals surface area contributed by atoms with E-state index < -0.39 is 0 Å². The maximum absolute atomic E-state index is 0. The molecule has 0 radical (unpaired) electrons. The quantitative estimate of drug-likeness (QED) is 0.326.